The van der Waals surface area contributed by atoms with Gasteiger partial charge in [-0.05, 0) is 17.0 Å². The molecule has 0 heterocycles. The van der Waals surface area contributed by atoms with Crippen LogP contribution in [-0.4, -0.2) is 20.3 Å². The van der Waals surface area contributed by atoms with Gasteiger partial charge in [-0.1, -0.05) is 38.1 Å². The minimum Gasteiger partial charge on any atom is -0.383 e. The van der Waals surface area contributed by atoms with Crippen molar-refractivity contribution in [3.8, 4) is 0 Å². The van der Waals surface area contributed by atoms with E-state index in [1.807, 2.05) is 0 Å². The maximum absolute atomic E-state index is 4.98. The van der Waals surface area contributed by atoms with Gasteiger partial charge in [0.25, 0.3) is 0 Å². The van der Waals surface area contributed by atoms with E-state index in [0.29, 0.717) is 5.92 Å². The minimum absolute atomic E-state index is 0.601. The summed E-state index contributed by atoms with van der Waals surface area (Å²) in [6.07, 6.45) is 0. The van der Waals surface area contributed by atoms with Gasteiger partial charge in [0.15, 0.2) is 0 Å². The number of hydrogen-bond donors (Lipinski definition) is 1. The molecule has 1 aromatic carbocycles. The van der Waals surface area contributed by atoms with Gasteiger partial charge >= 0.3 is 0 Å². The maximum Gasteiger partial charge on any atom is 0.0587 e. The molecule has 0 saturated carbocycles. The predicted molar refractivity (Wildman–Crippen MR) is 64.1 cm³/mol. The first-order valence-corrected chi connectivity index (χ1v) is 5.52. The van der Waals surface area contributed by atoms with Crippen LogP contribution in [0, 0.1) is 0 Å². The fourth-order valence-electron chi connectivity index (χ4n) is 1.47. The molecule has 0 aliphatic carbocycles. The first kappa shape index (κ1) is 12.2. The highest BCUT2D eigenvalue weighted by molar-refractivity contribution is 5.25. The molecule has 1 rings (SSSR count). The van der Waals surface area contributed by atoms with Crippen LogP contribution in [0.5, 0.6) is 0 Å². The van der Waals surface area contributed by atoms with E-state index in [0.717, 1.165) is 19.7 Å². The van der Waals surface area contributed by atoms with Gasteiger partial charge in [0.05, 0.1) is 6.61 Å². The molecule has 15 heavy (non-hydrogen) atoms. The molecule has 0 amide bonds. The average molecular weight is 207 g/mol. The second-order valence-electron chi connectivity index (χ2n) is 4.07. The summed E-state index contributed by atoms with van der Waals surface area (Å²) in [7, 11) is 1.72. The van der Waals surface area contributed by atoms with Crippen LogP contribution < -0.4 is 5.32 Å². The van der Waals surface area contributed by atoms with Crippen LogP contribution in [0.25, 0.3) is 0 Å². The Balaban J connectivity index is 2.43. The second kappa shape index (κ2) is 6.59. The first-order valence-electron chi connectivity index (χ1n) is 5.52. The number of hydrogen-bond acceptors (Lipinski definition) is 2. The van der Waals surface area contributed by atoms with Crippen molar-refractivity contribution in [1.29, 1.82) is 0 Å². The molecule has 0 aromatic heterocycles. The van der Waals surface area contributed by atoms with Gasteiger partial charge in [0.1, 0.15) is 0 Å². The average Bonchev–Trinajstić information content (AvgIpc) is 2.25. The molecular weight excluding hydrogens is 186 g/mol. The molecule has 1 aromatic rings. The third-order valence-electron chi connectivity index (χ3n) is 2.43. The summed E-state index contributed by atoms with van der Waals surface area (Å²) >= 11 is 0. The highest BCUT2D eigenvalue weighted by atomic mass is 16.5. The molecule has 2 nitrogen and oxygen atoms in total. The Bertz CT molecular complexity index is 284. The van der Waals surface area contributed by atoms with Crippen molar-refractivity contribution in [2.75, 3.05) is 20.3 Å². The molecule has 0 unspecified atom stereocenters. The molecule has 0 saturated heterocycles. The molecule has 84 valence electrons. The number of ether oxygens (including phenoxy) is 1. The van der Waals surface area contributed by atoms with Crippen LogP contribution in [0.15, 0.2) is 24.3 Å². The van der Waals surface area contributed by atoms with Gasteiger partial charge in [-0.3, -0.25) is 0 Å². The Labute approximate surface area is 92.6 Å². The summed E-state index contributed by atoms with van der Waals surface area (Å²) in [5.74, 6) is 0.601. The molecule has 0 atom stereocenters. The Kier molecular flexibility index (Phi) is 5.37. The van der Waals surface area contributed by atoms with E-state index in [4.69, 9.17) is 4.74 Å². The summed E-state index contributed by atoms with van der Waals surface area (Å²) in [5.41, 5.74) is 2.75. The van der Waals surface area contributed by atoms with Gasteiger partial charge in [0.2, 0.25) is 0 Å². The lowest BCUT2D eigenvalue weighted by atomic mass is 10.0. The zero-order valence-corrected chi connectivity index (χ0v) is 9.92. The molecule has 0 aliphatic heterocycles. The largest absolute Gasteiger partial charge is 0.383 e. The van der Waals surface area contributed by atoms with Crippen molar-refractivity contribution < 1.29 is 4.74 Å². The summed E-state index contributed by atoms with van der Waals surface area (Å²) < 4.78 is 4.98. The molecule has 0 fully saturated rings. The van der Waals surface area contributed by atoms with E-state index in [1.165, 1.54) is 11.1 Å². The molecule has 1 N–H and O–H groups in total. The van der Waals surface area contributed by atoms with Crippen molar-refractivity contribution in [2.24, 2.45) is 0 Å². The highest BCUT2D eigenvalue weighted by Crippen LogP contribution is 2.15. The molecule has 0 aliphatic rings. The number of methoxy groups -OCH3 is 1. The first-order chi connectivity index (χ1) is 7.24. The van der Waals surface area contributed by atoms with E-state index in [2.05, 4.69) is 43.4 Å². The zero-order valence-electron chi connectivity index (χ0n) is 9.92. The normalized spacial score (nSPS) is 10.9. The van der Waals surface area contributed by atoms with Crippen molar-refractivity contribution in [1.82, 2.24) is 5.32 Å². The fraction of sp³-hybridized carbons (Fsp3) is 0.538. The predicted octanol–water partition coefficient (Wildman–Crippen LogP) is 2.55. The molecule has 0 radical (unpaired) electrons. The third kappa shape index (κ3) is 4.45. The lowest BCUT2D eigenvalue weighted by Crippen LogP contribution is -2.18. The Morgan fingerprint density at radius 3 is 2.80 bits per heavy atom. The Morgan fingerprint density at radius 2 is 2.13 bits per heavy atom. The molecular formula is C13H21NO. The van der Waals surface area contributed by atoms with E-state index in [-0.39, 0.29) is 0 Å². The van der Waals surface area contributed by atoms with E-state index in [1.54, 1.807) is 7.11 Å². The fourth-order valence-corrected chi connectivity index (χ4v) is 1.47. The molecule has 0 bridgehead atoms. The summed E-state index contributed by atoms with van der Waals surface area (Å²) in [4.78, 5) is 0. The summed E-state index contributed by atoms with van der Waals surface area (Å²) in [5, 5.41) is 3.34. The summed E-state index contributed by atoms with van der Waals surface area (Å²) in [6.45, 7) is 7.03. The topological polar surface area (TPSA) is 21.3 Å². The van der Waals surface area contributed by atoms with Gasteiger partial charge in [-0.2, -0.15) is 0 Å². The lowest BCUT2D eigenvalue weighted by Gasteiger charge is -2.08. The molecule has 2 heteroatoms. The lowest BCUT2D eigenvalue weighted by molar-refractivity contribution is 0.199. The van der Waals surface area contributed by atoms with Gasteiger partial charge in [-0.15, -0.1) is 0 Å². The van der Waals surface area contributed by atoms with Gasteiger partial charge < -0.3 is 10.1 Å². The number of nitrogens with one attached hydrogen (secondary N) is 1. The van der Waals surface area contributed by atoms with Crippen LogP contribution >= 0.6 is 0 Å². The minimum atomic E-state index is 0.601. The zero-order chi connectivity index (χ0) is 11.1. The van der Waals surface area contributed by atoms with E-state index in [9.17, 15) is 0 Å². The second-order valence-corrected chi connectivity index (χ2v) is 4.07. The van der Waals surface area contributed by atoms with Crippen molar-refractivity contribution in [3.05, 3.63) is 35.4 Å². The van der Waals surface area contributed by atoms with Crippen LogP contribution in [0.2, 0.25) is 0 Å². The Morgan fingerprint density at radius 1 is 1.33 bits per heavy atom. The van der Waals surface area contributed by atoms with Crippen LogP contribution in [-0.2, 0) is 11.3 Å². The smallest absolute Gasteiger partial charge is 0.0587 e. The van der Waals surface area contributed by atoms with E-state index >= 15 is 0 Å². The van der Waals surface area contributed by atoms with Crippen molar-refractivity contribution in [3.63, 3.8) is 0 Å². The van der Waals surface area contributed by atoms with Gasteiger partial charge in [0, 0.05) is 20.2 Å². The van der Waals surface area contributed by atoms with Crippen molar-refractivity contribution in [2.45, 2.75) is 26.3 Å². The standard InChI is InChI=1S/C13H21NO/c1-11(2)13-6-4-5-12(9-13)10-14-7-8-15-3/h4-6,9,11,14H,7-8,10H2,1-3H3. The maximum atomic E-state index is 4.98. The summed E-state index contributed by atoms with van der Waals surface area (Å²) in [6, 6.07) is 8.74. The van der Waals surface area contributed by atoms with E-state index < -0.39 is 0 Å². The SMILES string of the molecule is COCCNCc1cccc(C(C)C)c1. The van der Waals surface area contributed by atoms with Crippen molar-refractivity contribution >= 4 is 0 Å². The van der Waals surface area contributed by atoms with Crippen LogP contribution in [0.3, 0.4) is 0 Å². The Hall–Kier alpha value is -0.860. The van der Waals surface area contributed by atoms with Crippen LogP contribution in [0.4, 0.5) is 0 Å². The van der Waals surface area contributed by atoms with Gasteiger partial charge in [-0.25, -0.2) is 0 Å². The number of benzene rings is 1. The molecule has 0 spiro atoms. The third-order valence-corrected chi connectivity index (χ3v) is 2.43. The monoisotopic (exact) mass is 207 g/mol. The van der Waals surface area contributed by atoms with Crippen LogP contribution in [0.1, 0.15) is 30.9 Å². The number of rotatable bonds is 6. The quantitative estimate of drug-likeness (QED) is 0.724. The highest BCUT2D eigenvalue weighted by Gasteiger charge is 1.99.